The van der Waals surface area contributed by atoms with Gasteiger partial charge in [-0.25, -0.2) is 0 Å². The average molecular weight is 223 g/mol. The Hall–Kier alpha value is -0.590. The largest absolute Gasteiger partial charge is 0.303 e. The van der Waals surface area contributed by atoms with Gasteiger partial charge in [0.2, 0.25) is 0 Å². The molecule has 1 atom stereocenters. The van der Waals surface area contributed by atoms with Gasteiger partial charge in [0.05, 0.1) is 12.1 Å². The molecule has 0 radical (unpaired) electrons. The molecule has 0 amide bonds. The van der Waals surface area contributed by atoms with Crippen LogP contribution < -0.4 is 5.32 Å². The summed E-state index contributed by atoms with van der Waals surface area (Å²) in [5.74, 6) is 0. The molecule has 92 valence electrons. The van der Waals surface area contributed by atoms with Crippen LogP contribution in [-0.2, 0) is 0 Å². The number of hydrogen-bond donors (Lipinski definition) is 1. The van der Waals surface area contributed by atoms with Crippen molar-refractivity contribution in [3.63, 3.8) is 0 Å². The minimum atomic E-state index is 0.0241. The van der Waals surface area contributed by atoms with Crippen LogP contribution in [-0.4, -0.2) is 37.1 Å². The van der Waals surface area contributed by atoms with Crippen molar-refractivity contribution in [1.29, 1.82) is 5.26 Å². The number of hydrogen-bond acceptors (Lipinski definition) is 3. The zero-order chi connectivity index (χ0) is 11.8. The zero-order valence-corrected chi connectivity index (χ0v) is 10.7. The third-order valence-corrected chi connectivity index (χ3v) is 3.57. The third-order valence-electron chi connectivity index (χ3n) is 3.57. The molecule has 16 heavy (non-hydrogen) atoms. The van der Waals surface area contributed by atoms with E-state index in [1.54, 1.807) is 0 Å². The molecule has 1 saturated carbocycles. The van der Waals surface area contributed by atoms with Gasteiger partial charge in [0, 0.05) is 12.6 Å². The van der Waals surface area contributed by atoms with Crippen molar-refractivity contribution in [2.75, 3.05) is 20.1 Å². The van der Waals surface area contributed by atoms with Crippen LogP contribution in [0.4, 0.5) is 0 Å². The summed E-state index contributed by atoms with van der Waals surface area (Å²) in [6.07, 6.45) is 7.79. The summed E-state index contributed by atoms with van der Waals surface area (Å²) in [6, 6.07) is 3.11. The summed E-state index contributed by atoms with van der Waals surface area (Å²) in [7, 11) is 2.20. The molecule has 3 heteroatoms. The fraction of sp³-hybridized carbons (Fsp3) is 0.923. The van der Waals surface area contributed by atoms with Gasteiger partial charge in [-0.3, -0.25) is 0 Å². The normalized spacial score (nSPS) is 19.6. The second-order valence-electron chi connectivity index (χ2n) is 4.80. The van der Waals surface area contributed by atoms with E-state index >= 15 is 0 Å². The first-order valence-corrected chi connectivity index (χ1v) is 6.61. The number of nitriles is 1. The van der Waals surface area contributed by atoms with E-state index in [0.717, 1.165) is 25.6 Å². The lowest BCUT2D eigenvalue weighted by Crippen LogP contribution is -2.37. The molecule has 3 nitrogen and oxygen atoms in total. The van der Waals surface area contributed by atoms with Crippen LogP contribution in [0.5, 0.6) is 0 Å². The molecule has 1 N–H and O–H groups in total. The summed E-state index contributed by atoms with van der Waals surface area (Å²) in [5, 5.41) is 12.2. The first kappa shape index (κ1) is 13.5. The molecule has 1 rings (SSSR count). The van der Waals surface area contributed by atoms with Crippen LogP contribution in [0.15, 0.2) is 0 Å². The Labute approximate surface area is 99.8 Å². The van der Waals surface area contributed by atoms with Gasteiger partial charge in [0.1, 0.15) is 0 Å². The fourth-order valence-electron chi connectivity index (χ4n) is 2.50. The molecule has 0 aliphatic heterocycles. The maximum atomic E-state index is 8.95. The standard InChI is InChI=1S/C13H25N3/c1-3-15-12(11-14)9-10-16(2)13-7-5-4-6-8-13/h12-13,15H,3-10H2,1-2H3. The van der Waals surface area contributed by atoms with Gasteiger partial charge < -0.3 is 10.2 Å². The molecule has 1 aliphatic rings. The molecule has 0 spiro atoms. The van der Waals surface area contributed by atoms with E-state index < -0.39 is 0 Å². The molecular weight excluding hydrogens is 198 g/mol. The highest BCUT2D eigenvalue weighted by Crippen LogP contribution is 2.21. The Morgan fingerprint density at radius 2 is 2.06 bits per heavy atom. The van der Waals surface area contributed by atoms with Crippen LogP contribution in [0, 0.1) is 11.3 Å². The highest BCUT2D eigenvalue weighted by Gasteiger charge is 2.18. The maximum absolute atomic E-state index is 8.95. The van der Waals surface area contributed by atoms with Gasteiger partial charge in [0.25, 0.3) is 0 Å². The average Bonchev–Trinajstić information content (AvgIpc) is 2.35. The summed E-state index contributed by atoms with van der Waals surface area (Å²) < 4.78 is 0. The Morgan fingerprint density at radius 1 is 1.38 bits per heavy atom. The van der Waals surface area contributed by atoms with Gasteiger partial charge >= 0.3 is 0 Å². The molecule has 0 heterocycles. The lowest BCUT2D eigenvalue weighted by molar-refractivity contribution is 0.187. The Bertz CT molecular complexity index is 216. The lowest BCUT2D eigenvalue weighted by atomic mass is 9.94. The highest BCUT2D eigenvalue weighted by atomic mass is 15.1. The van der Waals surface area contributed by atoms with Crippen molar-refractivity contribution in [2.45, 2.75) is 57.5 Å². The highest BCUT2D eigenvalue weighted by molar-refractivity contribution is 4.90. The molecule has 1 aliphatic carbocycles. The lowest BCUT2D eigenvalue weighted by Gasteiger charge is -2.31. The van der Waals surface area contributed by atoms with E-state index in [9.17, 15) is 0 Å². The minimum Gasteiger partial charge on any atom is -0.303 e. The van der Waals surface area contributed by atoms with Crippen LogP contribution in [0.3, 0.4) is 0 Å². The Balaban J connectivity index is 2.22. The fourth-order valence-corrected chi connectivity index (χ4v) is 2.50. The van der Waals surface area contributed by atoms with E-state index in [0.29, 0.717) is 0 Å². The minimum absolute atomic E-state index is 0.0241. The molecule has 0 aromatic heterocycles. The Kier molecular flexibility index (Phi) is 6.44. The molecule has 0 aromatic rings. The smallest absolute Gasteiger partial charge is 0.0965 e. The second kappa shape index (κ2) is 7.65. The SMILES string of the molecule is CCNC(C#N)CCN(C)C1CCCCC1. The molecule has 0 saturated heterocycles. The molecule has 1 fully saturated rings. The van der Waals surface area contributed by atoms with Gasteiger partial charge in [-0.1, -0.05) is 26.2 Å². The Morgan fingerprint density at radius 3 is 2.62 bits per heavy atom. The van der Waals surface area contributed by atoms with Crippen LogP contribution >= 0.6 is 0 Å². The van der Waals surface area contributed by atoms with E-state index in [2.05, 4.69) is 30.3 Å². The van der Waals surface area contributed by atoms with Crippen LogP contribution in [0.2, 0.25) is 0 Å². The maximum Gasteiger partial charge on any atom is 0.0965 e. The van der Waals surface area contributed by atoms with E-state index in [4.69, 9.17) is 5.26 Å². The van der Waals surface area contributed by atoms with Gasteiger partial charge in [-0.05, 0) is 32.9 Å². The topological polar surface area (TPSA) is 39.1 Å². The van der Waals surface area contributed by atoms with E-state index in [1.165, 1.54) is 32.1 Å². The van der Waals surface area contributed by atoms with E-state index in [-0.39, 0.29) is 6.04 Å². The summed E-state index contributed by atoms with van der Waals surface area (Å²) in [6.45, 7) is 3.97. The van der Waals surface area contributed by atoms with Crippen molar-refractivity contribution < 1.29 is 0 Å². The first-order chi connectivity index (χ1) is 7.77. The summed E-state index contributed by atoms with van der Waals surface area (Å²) in [5.41, 5.74) is 0. The first-order valence-electron chi connectivity index (χ1n) is 6.61. The van der Waals surface area contributed by atoms with Crippen molar-refractivity contribution in [1.82, 2.24) is 10.2 Å². The van der Waals surface area contributed by atoms with Gasteiger partial charge in [-0.2, -0.15) is 5.26 Å². The summed E-state index contributed by atoms with van der Waals surface area (Å²) in [4.78, 5) is 2.45. The quantitative estimate of drug-likeness (QED) is 0.750. The molecule has 0 aromatic carbocycles. The van der Waals surface area contributed by atoms with E-state index in [1.807, 2.05) is 0 Å². The monoisotopic (exact) mass is 223 g/mol. The predicted molar refractivity (Wildman–Crippen MR) is 67.2 cm³/mol. The molecule has 0 bridgehead atoms. The zero-order valence-electron chi connectivity index (χ0n) is 10.7. The molecular formula is C13H25N3. The van der Waals surface area contributed by atoms with Crippen molar-refractivity contribution in [2.24, 2.45) is 0 Å². The number of rotatable bonds is 6. The predicted octanol–water partition coefficient (Wildman–Crippen LogP) is 2.14. The van der Waals surface area contributed by atoms with Crippen molar-refractivity contribution >= 4 is 0 Å². The third kappa shape index (κ3) is 4.51. The van der Waals surface area contributed by atoms with Crippen LogP contribution in [0.1, 0.15) is 45.4 Å². The van der Waals surface area contributed by atoms with Gasteiger partial charge in [-0.15, -0.1) is 0 Å². The van der Waals surface area contributed by atoms with Crippen molar-refractivity contribution in [3.05, 3.63) is 0 Å². The molecule has 1 unspecified atom stereocenters. The number of nitrogens with zero attached hydrogens (tertiary/aromatic N) is 2. The van der Waals surface area contributed by atoms with Gasteiger partial charge in [0.15, 0.2) is 0 Å². The van der Waals surface area contributed by atoms with Crippen molar-refractivity contribution in [3.8, 4) is 6.07 Å². The van der Waals surface area contributed by atoms with Crippen LogP contribution in [0.25, 0.3) is 0 Å². The second-order valence-corrected chi connectivity index (χ2v) is 4.80. The summed E-state index contributed by atoms with van der Waals surface area (Å²) >= 11 is 0. The number of nitrogens with one attached hydrogen (secondary N) is 1.